The Kier molecular flexibility index (Phi) is 5.00. The van der Waals surface area contributed by atoms with E-state index in [9.17, 15) is 0 Å². The second-order valence-electron chi connectivity index (χ2n) is 3.78. The van der Waals surface area contributed by atoms with Gasteiger partial charge in [0.05, 0.1) is 6.10 Å². The molecule has 80 valence electrons. The van der Waals surface area contributed by atoms with E-state index < -0.39 is 0 Å². The van der Waals surface area contributed by atoms with E-state index in [-0.39, 0.29) is 0 Å². The van der Waals surface area contributed by atoms with E-state index in [0.29, 0.717) is 12.1 Å². The molecule has 1 aliphatic rings. The molecule has 0 saturated heterocycles. The van der Waals surface area contributed by atoms with Crippen molar-refractivity contribution in [2.45, 2.75) is 45.3 Å². The number of ether oxygens (including phenoxy) is 1. The lowest BCUT2D eigenvalue weighted by atomic mass is 10.0. The normalized spacial score (nSPS) is 19.6. The van der Waals surface area contributed by atoms with Crippen molar-refractivity contribution in [2.24, 2.45) is 5.92 Å². The molecule has 0 aromatic carbocycles. The van der Waals surface area contributed by atoms with Crippen LogP contribution in [-0.4, -0.2) is 25.8 Å². The van der Waals surface area contributed by atoms with Crippen LogP contribution < -0.4 is 5.32 Å². The average Bonchev–Trinajstić information content (AvgIpc) is 3.00. The average molecular weight is 195 g/mol. The number of rotatable bonds is 6. The minimum Gasteiger partial charge on any atom is -0.377 e. The molecule has 2 nitrogen and oxygen atoms in total. The molecule has 2 atom stereocenters. The van der Waals surface area contributed by atoms with Crippen LogP contribution >= 0.6 is 0 Å². The molecule has 0 radical (unpaired) electrons. The highest BCUT2D eigenvalue weighted by atomic mass is 16.5. The third-order valence-electron chi connectivity index (χ3n) is 2.71. The van der Waals surface area contributed by atoms with Gasteiger partial charge in [0.1, 0.15) is 0 Å². The van der Waals surface area contributed by atoms with Crippen molar-refractivity contribution in [1.82, 2.24) is 5.32 Å². The minimum atomic E-state index is 0.367. The molecule has 1 saturated carbocycles. The molecule has 0 bridgehead atoms. The Bertz CT molecular complexity index is 212. The van der Waals surface area contributed by atoms with Crippen molar-refractivity contribution in [3.05, 3.63) is 0 Å². The summed E-state index contributed by atoms with van der Waals surface area (Å²) in [6, 6.07) is 0.398. The fourth-order valence-corrected chi connectivity index (χ4v) is 1.79. The summed E-state index contributed by atoms with van der Waals surface area (Å²) >= 11 is 0. The summed E-state index contributed by atoms with van der Waals surface area (Å²) in [5.41, 5.74) is 0. The van der Waals surface area contributed by atoms with Crippen molar-refractivity contribution in [3.8, 4) is 11.8 Å². The standard InChI is InChI=1S/C12H21NO/c1-4-6-7-11(13-3)12(14-5-2)10-8-9-10/h10-13H,5,7-9H2,1-3H3. The van der Waals surface area contributed by atoms with Crippen molar-refractivity contribution in [3.63, 3.8) is 0 Å². The lowest BCUT2D eigenvalue weighted by Gasteiger charge is -2.25. The van der Waals surface area contributed by atoms with E-state index in [2.05, 4.69) is 24.1 Å². The third-order valence-corrected chi connectivity index (χ3v) is 2.71. The molecule has 14 heavy (non-hydrogen) atoms. The maximum Gasteiger partial charge on any atom is 0.0765 e. The van der Waals surface area contributed by atoms with Crippen molar-refractivity contribution in [1.29, 1.82) is 0 Å². The highest BCUT2D eigenvalue weighted by Gasteiger charge is 2.36. The lowest BCUT2D eigenvalue weighted by Crippen LogP contribution is -2.40. The molecule has 0 amide bonds. The predicted octanol–water partition coefficient (Wildman–Crippen LogP) is 1.80. The lowest BCUT2D eigenvalue weighted by molar-refractivity contribution is 0.0222. The Labute approximate surface area is 87.4 Å². The molecule has 2 heteroatoms. The smallest absolute Gasteiger partial charge is 0.0765 e. The molecule has 0 spiro atoms. The molecular weight excluding hydrogens is 174 g/mol. The molecule has 1 rings (SSSR count). The van der Waals surface area contributed by atoms with Gasteiger partial charge in [-0.2, -0.15) is 0 Å². The minimum absolute atomic E-state index is 0.367. The molecular formula is C12H21NO. The Morgan fingerprint density at radius 2 is 2.21 bits per heavy atom. The van der Waals surface area contributed by atoms with Crippen LogP contribution in [0.5, 0.6) is 0 Å². The molecule has 1 fully saturated rings. The van der Waals surface area contributed by atoms with Gasteiger partial charge >= 0.3 is 0 Å². The monoisotopic (exact) mass is 195 g/mol. The zero-order chi connectivity index (χ0) is 10.4. The maximum absolute atomic E-state index is 5.79. The highest BCUT2D eigenvalue weighted by Crippen LogP contribution is 2.36. The quantitative estimate of drug-likeness (QED) is 0.653. The number of hydrogen-bond donors (Lipinski definition) is 1. The van der Waals surface area contributed by atoms with E-state index in [1.54, 1.807) is 0 Å². The molecule has 1 aliphatic carbocycles. The summed E-state index contributed by atoms with van der Waals surface area (Å²) in [4.78, 5) is 0. The van der Waals surface area contributed by atoms with Gasteiger partial charge in [-0.1, -0.05) is 0 Å². The largest absolute Gasteiger partial charge is 0.377 e. The van der Waals surface area contributed by atoms with E-state index >= 15 is 0 Å². The van der Waals surface area contributed by atoms with E-state index in [1.807, 2.05) is 14.0 Å². The first-order chi connectivity index (χ1) is 6.83. The summed E-state index contributed by atoms with van der Waals surface area (Å²) in [5, 5.41) is 3.32. The summed E-state index contributed by atoms with van der Waals surface area (Å²) in [5.74, 6) is 6.84. The fraction of sp³-hybridized carbons (Fsp3) is 0.833. The first-order valence-electron chi connectivity index (χ1n) is 5.52. The van der Waals surface area contributed by atoms with Gasteiger partial charge in [-0.25, -0.2) is 0 Å². The molecule has 0 aromatic rings. The van der Waals surface area contributed by atoms with Crippen LogP contribution in [0.4, 0.5) is 0 Å². The van der Waals surface area contributed by atoms with Gasteiger partial charge in [-0.15, -0.1) is 11.8 Å². The van der Waals surface area contributed by atoms with Gasteiger partial charge in [0.25, 0.3) is 0 Å². The fourth-order valence-electron chi connectivity index (χ4n) is 1.79. The van der Waals surface area contributed by atoms with Gasteiger partial charge < -0.3 is 10.1 Å². The molecule has 0 aromatic heterocycles. The highest BCUT2D eigenvalue weighted by molar-refractivity contribution is 5.02. The zero-order valence-corrected chi connectivity index (χ0v) is 9.47. The van der Waals surface area contributed by atoms with Crippen LogP contribution in [0.2, 0.25) is 0 Å². The molecule has 0 heterocycles. The molecule has 0 aliphatic heterocycles. The summed E-state index contributed by atoms with van der Waals surface area (Å²) in [6.45, 7) is 4.76. The predicted molar refractivity (Wildman–Crippen MR) is 59.1 cm³/mol. The second-order valence-corrected chi connectivity index (χ2v) is 3.78. The SMILES string of the molecule is CC#CCC(NC)C(OCC)C1CC1. The van der Waals surface area contributed by atoms with Crippen LogP contribution in [-0.2, 0) is 4.74 Å². The summed E-state index contributed by atoms with van der Waals surface area (Å²) < 4.78 is 5.79. The van der Waals surface area contributed by atoms with Crippen LogP contribution in [0.25, 0.3) is 0 Å². The Morgan fingerprint density at radius 3 is 2.64 bits per heavy atom. The van der Waals surface area contributed by atoms with Gasteiger partial charge in [0.2, 0.25) is 0 Å². The third kappa shape index (κ3) is 3.32. The van der Waals surface area contributed by atoms with Crippen LogP contribution in [0, 0.1) is 17.8 Å². The van der Waals surface area contributed by atoms with Crippen molar-refractivity contribution < 1.29 is 4.74 Å². The van der Waals surface area contributed by atoms with Crippen molar-refractivity contribution in [2.75, 3.05) is 13.7 Å². The Balaban J connectivity index is 2.46. The van der Waals surface area contributed by atoms with Gasteiger partial charge in [-0.3, -0.25) is 0 Å². The van der Waals surface area contributed by atoms with E-state index in [0.717, 1.165) is 18.9 Å². The number of likely N-dealkylation sites (N-methyl/N-ethyl adjacent to an activating group) is 1. The molecule has 1 N–H and O–H groups in total. The summed E-state index contributed by atoms with van der Waals surface area (Å²) in [6.07, 6.45) is 3.91. The first-order valence-corrected chi connectivity index (χ1v) is 5.52. The number of hydrogen-bond acceptors (Lipinski definition) is 2. The Hall–Kier alpha value is -0.520. The number of nitrogens with one attached hydrogen (secondary N) is 1. The van der Waals surface area contributed by atoms with E-state index in [1.165, 1.54) is 12.8 Å². The van der Waals surface area contributed by atoms with E-state index in [4.69, 9.17) is 4.74 Å². The van der Waals surface area contributed by atoms with Gasteiger partial charge in [-0.05, 0) is 39.7 Å². The van der Waals surface area contributed by atoms with Crippen LogP contribution in [0.1, 0.15) is 33.1 Å². The van der Waals surface area contributed by atoms with Gasteiger partial charge in [0.15, 0.2) is 0 Å². The topological polar surface area (TPSA) is 21.3 Å². The molecule has 2 unspecified atom stereocenters. The van der Waals surface area contributed by atoms with Crippen LogP contribution in [0.3, 0.4) is 0 Å². The van der Waals surface area contributed by atoms with Crippen LogP contribution in [0.15, 0.2) is 0 Å². The first kappa shape index (κ1) is 11.6. The summed E-state index contributed by atoms with van der Waals surface area (Å²) in [7, 11) is 2.00. The van der Waals surface area contributed by atoms with Crippen molar-refractivity contribution >= 4 is 0 Å². The zero-order valence-electron chi connectivity index (χ0n) is 9.47. The second kappa shape index (κ2) is 6.06. The Morgan fingerprint density at radius 1 is 1.50 bits per heavy atom. The van der Waals surface area contributed by atoms with Gasteiger partial charge in [0, 0.05) is 19.1 Å². The maximum atomic E-state index is 5.79.